The van der Waals surface area contributed by atoms with Crippen LogP contribution in [0, 0.1) is 6.92 Å². The number of aryl methyl sites for hydroxylation is 1. The molecule has 2 N–H and O–H groups in total. The Morgan fingerprint density at radius 2 is 1.78 bits per heavy atom. The molecular formula is C18H16N4O. The molecule has 1 aliphatic heterocycles. The minimum Gasteiger partial charge on any atom is -0.289 e. The molecule has 1 heterocycles. The number of amides is 1. The van der Waals surface area contributed by atoms with Crippen LogP contribution in [-0.4, -0.2) is 18.1 Å². The smallest absolute Gasteiger partial charge is 0.276 e. The second-order valence-electron chi connectivity index (χ2n) is 5.14. The van der Waals surface area contributed by atoms with E-state index in [-0.39, 0.29) is 5.91 Å². The Morgan fingerprint density at radius 3 is 2.52 bits per heavy atom. The molecule has 0 aliphatic carbocycles. The van der Waals surface area contributed by atoms with Gasteiger partial charge in [0.2, 0.25) is 5.96 Å². The van der Waals surface area contributed by atoms with Crippen molar-refractivity contribution in [2.75, 3.05) is 0 Å². The monoisotopic (exact) mass is 304 g/mol. The number of nitrogens with zero attached hydrogens (tertiary/aromatic N) is 2. The van der Waals surface area contributed by atoms with Crippen molar-refractivity contribution < 1.29 is 4.79 Å². The van der Waals surface area contributed by atoms with Gasteiger partial charge in [-0.15, -0.1) is 0 Å². The van der Waals surface area contributed by atoms with Crippen molar-refractivity contribution in [3.63, 3.8) is 0 Å². The molecule has 2 aromatic rings. The molecule has 5 nitrogen and oxygen atoms in total. The SMILES string of the molecule is Cc1ccc(/C=C2\N=C(N/N=C/c3ccccc3)NC2=O)cc1. The van der Waals surface area contributed by atoms with Gasteiger partial charge in [-0.2, -0.15) is 5.10 Å². The van der Waals surface area contributed by atoms with Crippen LogP contribution in [0.5, 0.6) is 0 Å². The number of nitrogens with one attached hydrogen (secondary N) is 2. The highest BCUT2D eigenvalue weighted by Crippen LogP contribution is 2.12. The fourth-order valence-electron chi connectivity index (χ4n) is 2.05. The lowest BCUT2D eigenvalue weighted by Crippen LogP contribution is -2.33. The first-order valence-electron chi connectivity index (χ1n) is 7.23. The highest BCUT2D eigenvalue weighted by Gasteiger charge is 2.19. The Morgan fingerprint density at radius 1 is 1.04 bits per heavy atom. The lowest BCUT2D eigenvalue weighted by atomic mass is 10.1. The van der Waals surface area contributed by atoms with Gasteiger partial charge in [-0.05, 0) is 24.1 Å². The zero-order valence-corrected chi connectivity index (χ0v) is 12.7. The minimum absolute atomic E-state index is 0.247. The van der Waals surface area contributed by atoms with E-state index in [1.54, 1.807) is 12.3 Å². The van der Waals surface area contributed by atoms with Crippen LogP contribution >= 0.6 is 0 Å². The lowest BCUT2D eigenvalue weighted by molar-refractivity contribution is -0.115. The molecule has 5 heteroatoms. The van der Waals surface area contributed by atoms with Crippen molar-refractivity contribution in [1.82, 2.24) is 10.7 Å². The summed E-state index contributed by atoms with van der Waals surface area (Å²) in [6, 6.07) is 17.5. The summed E-state index contributed by atoms with van der Waals surface area (Å²) in [7, 11) is 0. The normalized spacial score (nSPS) is 15.8. The van der Waals surface area contributed by atoms with Gasteiger partial charge in [0, 0.05) is 0 Å². The zero-order chi connectivity index (χ0) is 16.1. The van der Waals surface area contributed by atoms with Gasteiger partial charge in [-0.25, -0.2) is 10.4 Å². The largest absolute Gasteiger partial charge is 0.289 e. The first-order valence-corrected chi connectivity index (χ1v) is 7.23. The summed E-state index contributed by atoms with van der Waals surface area (Å²) in [6.45, 7) is 2.02. The van der Waals surface area contributed by atoms with Crippen molar-refractivity contribution >= 4 is 24.2 Å². The fourth-order valence-corrected chi connectivity index (χ4v) is 2.05. The number of carbonyl (C=O) groups is 1. The van der Waals surface area contributed by atoms with Gasteiger partial charge in [0.25, 0.3) is 5.91 Å². The Balaban J connectivity index is 1.69. The van der Waals surface area contributed by atoms with Crippen LogP contribution in [0.1, 0.15) is 16.7 Å². The molecule has 3 rings (SSSR count). The van der Waals surface area contributed by atoms with Gasteiger partial charge in [-0.3, -0.25) is 10.1 Å². The maximum absolute atomic E-state index is 11.9. The number of carbonyl (C=O) groups excluding carboxylic acids is 1. The highest BCUT2D eigenvalue weighted by molar-refractivity contribution is 6.13. The number of aliphatic imine (C=N–C) groups is 1. The topological polar surface area (TPSA) is 65.8 Å². The number of rotatable bonds is 3. The van der Waals surface area contributed by atoms with E-state index in [0.29, 0.717) is 11.7 Å². The molecule has 0 radical (unpaired) electrons. The van der Waals surface area contributed by atoms with Gasteiger partial charge >= 0.3 is 0 Å². The predicted molar refractivity (Wildman–Crippen MR) is 91.9 cm³/mol. The first-order chi connectivity index (χ1) is 11.2. The molecule has 0 fully saturated rings. The summed E-state index contributed by atoms with van der Waals surface area (Å²) in [6.07, 6.45) is 3.40. The van der Waals surface area contributed by atoms with E-state index in [1.807, 2.05) is 61.5 Å². The van der Waals surface area contributed by atoms with Crippen molar-refractivity contribution in [2.45, 2.75) is 6.92 Å². The molecular weight excluding hydrogens is 288 g/mol. The molecule has 2 aromatic carbocycles. The molecule has 0 saturated heterocycles. The first kappa shape index (κ1) is 14.7. The highest BCUT2D eigenvalue weighted by atomic mass is 16.2. The number of hydrogen-bond donors (Lipinski definition) is 2. The van der Waals surface area contributed by atoms with Crippen molar-refractivity contribution in [3.8, 4) is 0 Å². The molecule has 0 spiro atoms. The summed E-state index contributed by atoms with van der Waals surface area (Å²) >= 11 is 0. The molecule has 114 valence electrons. The summed E-state index contributed by atoms with van der Waals surface area (Å²) in [4.78, 5) is 16.1. The van der Waals surface area contributed by atoms with E-state index in [2.05, 4.69) is 20.8 Å². The van der Waals surface area contributed by atoms with Crippen LogP contribution in [0.2, 0.25) is 0 Å². The number of guanidine groups is 1. The lowest BCUT2D eigenvalue weighted by Gasteiger charge is -1.97. The van der Waals surface area contributed by atoms with Gasteiger partial charge < -0.3 is 0 Å². The number of hydrazone groups is 1. The van der Waals surface area contributed by atoms with Gasteiger partial charge in [-0.1, -0.05) is 60.2 Å². The van der Waals surface area contributed by atoms with Crippen LogP contribution in [-0.2, 0) is 4.79 Å². The second kappa shape index (κ2) is 6.70. The third-order valence-corrected chi connectivity index (χ3v) is 3.26. The van der Waals surface area contributed by atoms with Crippen molar-refractivity contribution in [3.05, 3.63) is 77.0 Å². The van der Waals surface area contributed by atoms with Crippen molar-refractivity contribution in [2.24, 2.45) is 10.1 Å². The van der Waals surface area contributed by atoms with E-state index in [1.165, 1.54) is 5.56 Å². The van der Waals surface area contributed by atoms with E-state index < -0.39 is 0 Å². The van der Waals surface area contributed by atoms with Gasteiger partial charge in [0.05, 0.1) is 6.21 Å². The van der Waals surface area contributed by atoms with E-state index in [9.17, 15) is 4.79 Å². The molecule has 1 aliphatic rings. The summed E-state index contributed by atoms with van der Waals surface area (Å²) < 4.78 is 0. The average molecular weight is 304 g/mol. The Kier molecular flexibility index (Phi) is 4.29. The Labute approximate surface area is 134 Å². The van der Waals surface area contributed by atoms with Crippen molar-refractivity contribution in [1.29, 1.82) is 0 Å². The molecule has 0 atom stereocenters. The van der Waals surface area contributed by atoms with Gasteiger partial charge in [0.1, 0.15) is 5.70 Å². The van der Waals surface area contributed by atoms with Crippen LogP contribution in [0.3, 0.4) is 0 Å². The predicted octanol–water partition coefficient (Wildman–Crippen LogP) is 2.45. The minimum atomic E-state index is -0.247. The Bertz CT molecular complexity index is 790. The van der Waals surface area contributed by atoms with Crippen LogP contribution in [0.25, 0.3) is 6.08 Å². The fraction of sp³-hybridized carbons (Fsp3) is 0.0556. The average Bonchev–Trinajstić information content (AvgIpc) is 2.90. The number of benzene rings is 2. The standard InChI is InChI=1S/C18H16N4O/c1-13-7-9-14(10-8-13)11-16-17(23)21-18(20-16)22-19-12-15-5-3-2-4-6-15/h2-12H,1H3,(H2,20,21,22,23)/b16-11-,19-12+. The zero-order valence-electron chi connectivity index (χ0n) is 12.7. The van der Waals surface area contributed by atoms with Gasteiger partial charge in [0.15, 0.2) is 0 Å². The maximum Gasteiger partial charge on any atom is 0.276 e. The van der Waals surface area contributed by atoms with Crippen LogP contribution in [0.15, 0.2) is 70.4 Å². The molecule has 23 heavy (non-hydrogen) atoms. The Hall–Kier alpha value is -3.21. The van der Waals surface area contributed by atoms with Crippen LogP contribution < -0.4 is 10.7 Å². The maximum atomic E-state index is 11.9. The molecule has 1 amide bonds. The summed E-state index contributed by atoms with van der Waals surface area (Å²) in [5.41, 5.74) is 6.14. The third-order valence-electron chi connectivity index (χ3n) is 3.26. The van der Waals surface area contributed by atoms with Crippen LogP contribution in [0.4, 0.5) is 0 Å². The number of hydrogen-bond acceptors (Lipinski definition) is 4. The quantitative estimate of drug-likeness (QED) is 0.519. The third kappa shape index (κ3) is 3.91. The second-order valence-corrected chi connectivity index (χ2v) is 5.14. The molecule has 0 aromatic heterocycles. The molecule has 0 saturated carbocycles. The summed E-state index contributed by atoms with van der Waals surface area (Å²) in [5.74, 6) is 0.0727. The van der Waals surface area contributed by atoms with E-state index in [4.69, 9.17) is 0 Å². The van der Waals surface area contributed by atoms with E-state index >= 15 is 0 Å². The molecule has 0 unspecified atom stereocenters. The van der Waals surface area contributed by atoms with E-state index in [0.717, 1.165) is 11.1 Å². The summed E-state index contributed by atoms with van der Waals surface area (Å²) in [5, 5.41) is 6.70. The molecule has 0 bridgehead atoms.